The Kier molecular flexibility index (Phi) is 4.76. The van der Waals surface area contributed by atoms with Gasteiger partial charge in [0, 0.05) is 61.1 Å². The Labute approximate surface area is 157 Å². The summed E-state index contributed by atoms with van der Waals surface area (Å²) >= 11 is 0.965. The van der Waals surface area contributed by atoms with E-state index < -0.39 is 10.5 Å². The van der Waals surface area contributed by atoms with Crippen LogP contribution in [-0.4, -0.2) is 20.0 Å². The van der Waals surface area contributed by atoms with Gasteiger partial charge in [-0.15, -0.1) is 0 Å². The van der Waals surface area contributed by atoms with Crippen LogP contribution in [0.4, 0.5) is 5.00 Å². The van der Waals surface area contributed by atoms with Crippen molar-refractivity contribution >= 4 is 27.2 Å². The van der Waals surface area contributed by atoms with E-state index in [0.29, 0.717) is 11.1 Å². The molecule has 0 aliphatic rings. The topological polar surface area (TPSA) is 109 Å². The fourth-order valence-corrected chi connectivity index (χ4v) is 2.52. The third-order valence-corrected chi connectivity index (χ3v) is 3.61. The molecule has 0 aliphatic carbocycles. The third kappa shape index (κ3) is 3.15. The van der Waals surface area contributed by atoms with E-state index >= 15 is 0 Å². The predicted molar refractivity (Wildman–Crippen MR) is 74.0 cm³/mol. The SMILES string of the molecule is O=c1[nH]c(-c2csc([N+](=O)[O-])c2)nc2ccc(O)cc12.[Ac]. The quantitative estimate of drug-likeness (QED) is 0.402. The molecular formula is C12H7AcN3O4S. The van der Waals surface area contributed by atoms with Gasteiger partial charge in [0.25, 0.3) is 5.56 Å². The van der Waals surface area contributed by atoms with Gasteiger partial charge in [-0.1, -0.05) is 11.3 Å². The van der Waals surface area contributed by atoms with Gasteiger partial charge in [0.2, 0.25) is 0 Å². The maximum absolute atomic E-state index is 11.9. The molecule has 0 fully saturated rings. The first kappa shape index (κ1) is 16.1. The number of phenols is 1. The summed E-state index contributed by atoms with van der Waals surface area (Å²) in [6.45, 7) is 0. The Morgan fingerprint density at radius 2 is 2.10 bits per heavy atom. The Morgan fingerprint density at radius 3 is 2.76 bits per heavy atom. The van der Waals surface area contributed by atoms with Crippen molar-refractivity contribution in [3.63, 3.8) is 0 Å². The fourth-order valence-electron chi connectivity index (χ4n) is 1.81. The number of aromatic nitrogens is 2. The first-order valence-corrected chi connectivity index (χ1v) is 6.39. The number of phenolic OH excluding ortho intramolecular Hbond substituents is 1. The van der Waals surface area contributed by atoms with Crippen molar-refractivity contribution in [3.8, 4) is 17.1 Å². The van der Waals surface area contributed by atoms with Crippen LogP contribution in [0.3, 0.4) is 0 Å². The van der Waals surface area contributed by atoms with Gasteiger partial charge in [-0.3, -0.25) is 14.9 Å². The average molecular weight is 516 g/mol. The van der Waals surface area contributed by atoms with Crippen molar-refractivity contribution in [2.75, 3.05) is 0 Å². The van der Waals surface area contributed by atoms with Crippen LogP contribution in [0.5, 0.6) is 5.75 Å². The summed E-state index contributed by atoms with van der Waals surface area (Å²) in [7, 11) is 0. The molecule has 2 N–H and O–H groups in total. The predicted octanol–water partition coefficient (Wildman–Crippen LogP) is 2.27. The molecule has 0 spiro atoms. The summed E-state index contributed by atoms with van der Waals surface area (Å²) in [5.41, 5.74) is 0.485. The van der Waals surface area contributed by atoms with E-state index in [1.165, 1.54) is 24.3 Å². The number of H-pyrrole nitrogens is 1. The van der Waals surface area contributed by atoms with Crippen molar-refractivity contribution in [2.24, 2.45) is 0 Å². The monoisotopic (exact) mass is 516 g/mol. The molecule has 0 bridgehead atoms. The smallest absolute Gasteiger partial charge is 0.324 e. The number of nitrogens with zero attached hydrogens (tertiary/aromatic N) is 2. The molecule has 3 rings (SSSR count). The van der Waals surface area contributed by atoms with Gasteiger partial charge in [-0.25, -0.2) is 4.98 Å². The van der Waals surface area contributed by atoms with Crippen molar-refractivity contribution < 1.29 is 54.1 Å². The van der Waals surface area contributed by atoms with Crippen LogP contribution in [0, 0.1) is 54.2 Å². The van der Waals surface area contributed by atoms with Crippen molar-refractivity contribution in [3.05, 3.63) is 50.1 Å². The zero-order chi connectivity index (χ0) is 14.3. The molecule has 0 aliphatic heterocycles. The fraction of sp³-hybridized carbons (Fsp3) is 0. The van der Waals surface area contributed by atoms with Crippen LogP contribution in [0.25, 0.3) is 22.3 Å². The number of hydrogen-bond donors (Lipinski definition) is 2. The zero-order valence-electron chi connectivity index (χ0n) is 10.4. The van der Waals surface area contributed by atoms with Crippen LogP contribution in [0.15, 0.2) is 34.4 Å². The molecule has 9 heteroatoms. The first-order valence-electron chi connectivity index (χ1n) is 5.51. The molecule has 21 heavy (non-hydrogen) atoms. The number of nitro groups is 1. The summed E-state index contributed by atoms with van der Waals surface area (Å²) < 4.78 is 0. The minimum Gasteiger partial charge on any atom is -0.508 e. The van der Waals surface area contributed by atoms with Crippen LogP contribution in [0.2, 0.25) is 0 Å². The molecule has 2 aromatic heterocycles. The number of benzene rings is 1. The van der Waals surface area contributed by atoms with E-state index in [0.717, 1.165) is 11.3 Å². The third-order valence-electron chi connectivity index (χ3n) is 2.73. The largest absolute Gasteiger partial charge is 0.508 e. The molecule has 7 nitrogen and oxygen atoms in total. The van der Waals surface area contributed by atoms with Crippen molar-refractivity contribution in [1.29, 1.82) is 0 Å². The number of aromatic hydroxyl groups is 1. The van der Waals surface area contributed by atoms with E-state index in [-0.39, 0.29) is 66.0 Å². The molecule has 0 saturated heterocycles. The van der Waals surface area contributed by atoms with Gasteiger partial charge < -0.3 is 10.1 Å². The van der Waals surface area contributed by atoms with E-state index in [9.17, 15) is 20.0 Å². The van der Waals surface area contributed by atoms with Gasteiger partial charge in [-0.05, 0) is 18.2 Å². The number of fused-ring (bicyclic) bond motifs is 1. The van der Waals surface area contributed by atoms with Crippen molar-refractivity contribution in [1.82, 2.24) is 9.97 Å². The molecular weight excluding hydrogens is 509 g/mol. The first-order chi connectivity index (χ1) is 9.54. The van der Waals surface area contributed by atoms with Gasteiger partial charge in [-0.2, -0.15) is 0 Å². The molecule has 2 heterocycles. The summed E-state index contributed by atoms with van der Waals surface area (Å²) in [4.78, 5) is 28.9. The van der Waals surface area contributed by atoms with Crippen LogP contribution < -0.4 is 5.56 Å². The normalized spacial score (nSPS) is 10.3. The molecule has 0 saturated carbocycles. The summed E-state index contributed by atoms with van der Waals surface area (Å²) in [5.74, 6) is 0.237. The van der Waals surface area contributed by atoms with E-state index in [2.05, 4.69) is 9.97 Å². The van der Waals surface area contributed by atoms with Gasteiger partial charge in [0.05, 0.1) is 15.8 Å². The van der Waals surface area contributed by atoms with E-state index in [4.69, 9.17) is 0 Å². The minimum absolute atomic E-state index is 0. The Hall–Kier alpha value is -1.30. The Balaban J connectivity index is 0.00000161. The van der Waals surface area contributed by atoms with Crippen LogP contribution in [0.1, 0.15) is 0 Å². The van der Waals surface area contributed by atoms with Crippen LogP contribution >= 0.6 is 11.3 Å². The number of rotatable bonds is 2. The van der Waals surface area contributed by atoms with Crippen LogP contribution in [-0.2, 0) is 0 Å². The summed E-state index contributed by atoms with van der Waals surface area (Å²) in [6, 6.07) is 5.62. The van der Waals surface area contributed by atoms with Gasteiger partial charge in [0.15, 0.2) is 0 Å². The number of thiophene rings is 1. The standard InChI is InChI=1S/C12H7N3O4S.Ac/c16-7-1-2-9-8(4-7)12(17)14-11(13-9)6-3-10(15(18)19)20-5-6;/h1-5,16H,(H,13,14,17);. The Morgan fingerprint density at radius 1 is 1.33 bits per heavy atom. The molecule has 0 atom stereocenters. The Bertz CT molecular complexity index is 890. The molecule has 1 radical (unpaired) electrons. The summed E-state index contributed by atoms with van der Waals surface area (Å²) in [6.07, 6.45) is 0. The molecule has 3 aromatic rings. The molecule has 0 amide bonds. The van der Waals surface area contributed by atoms with Gasteiger partial charge >= 0.3 is 5.00 Å². The van der Waals surface area contributed by atoms with E-state index in [1.807, 2.05) is 0 Å². The second-order valence-electron chi connectivity index (χ2n) is 4.05. The van der Waals surface area contributed by atoms with Crippen molar-refractivity contribution in [2.45, 2.75) is 0 Å². The zero-order valence-corrected chi connectivity index (χ0v) is 16.0. The number of nitrogens with one attached hydrogen (secondary N) is 1. The second kappa shape index (κ2) is 6.22. The average Bonchev–Trinajstić information content (AvgIpc) is 2.89. The second-order valence-corrected chi connectivity index (χ2v) is 4.94. The maximum Gasteiger partial charge on any atom is 0.324 e. The summed E-state index contributed by atoms with van der Waals surface area (Å²) in [5, 5.41) is 21.8. The maximum atomic E-state index is 11.9. The minimum atomic E-state index is -0.495. The molecule has 1 aromatic carbocycles. The van der Waals surface area contributed by atoms with E-state index in [1.54, 1.807) is 5.38 Å². The number of aromatic amines is 1. The molecule has 0 unspecified atom stereocenters. The van der Waals surface area contributed by atoms with Gasteiger partial charge in [0.1, 0.15) is 11.6 Å². The molecule has 103 valence electrons. The number of hydrogen-bond acceptors (Lipinski definition) is 6.